The average Bonchev–Trinajstić information content (AvgIpc) is 2.56. The number of hydrogen-bond donors (Lipinski definition) is 1. The summed E-state index contributed by atoms with van der Waals surface area (Å²) in [7, 11) is 0. The molecule has 1 atom stereocenters. The van der Waals surface area contributed by atoms with Crippen LogP contribution in [0.15, 0.2) is 0 Å². The Bertz CT molecular complexity index is 424. The van der Waals surface area contributed by atoms with E-state index in [4.69, 9.17) is 17.3 Å². The first-order chi connectivity index (χ1) is 7.83. The third-order valence-corrected chi connectivity index (χ3v) is 3.64. The van der Waals surface area contributed by atoms with E-state index >= 15 is 0 Å². The highest BCUT2D eigenvalue weighted by molar-refractivity contribution is 6.32. The first-order valence-corrected chi connectivity index (χ1v) is 6.25. The Morgan fingerprint density at radius 2 is 2.12 bits per heavy atom. The Labute approximate surface area is 107 Å². The molecule has 96 valence electrons. The summed E-state index contributed by atoms with van der Waals surface area (Å²) in [5.74, 6) is -0.00324. The number of Topliss-reactive ketones (excluding diaryl/α,β-unsaturated/α-hetero) is 1. The molecule has 1 unspecified atom stereocenters. The molecule has 0 saturated heterocycles. The minimum atomic E-state index is -0.792. The van der Waals surface area contributed by atoms with Gasteiger partial charge in [-0.05, 0) is 27.2 Å². The van der Waals surface area contributed by atoms with Gasteiger partial charge in [-0.3, -0.25) is 9.48 Å². The molecular formula is C12H20ClN3O. The maximum Gasteiger partial charge on any atom is 0.158 e. The van der Waals surface area contributed by atoms with Gasteiger partial charge in [0.15, 0.2) is 5.78 Å². The van der Waals surface area contributed by atoms with Crippen LogP contribution in [0.2, 0.25) is 5.02 Å². The zero-order valence-electron chi connectivity index (χ0n) is 10.9. The Hall–Kier alpha value is -0.870. The number of nitrogens with two attached hydrogens (primary N) is 1. The van der Waals surface area contributed by atoms with E-state index in [1.54, 1.807) is 11.6 Å². The molecule has 0 spiro atoms. The van der Waals surface area contributed by atoms with Crippen LogP contribution in [0.5, 0.6) is 0 Å². The van der Waals surface area contributed by atoms with Crippen LogP contribution in [0, 0.1) is 6.92 Å². The van der Waals surface area contributed by atoms with E-state index in [-0.39, 0.29) is 12.2 Å². The highest BCUT2D eigenvalue weighted by Gasteiger charge is 2.28. The fourth-order valence-electron chi connectivity index (χ4n) is 1.59. The van der Waals surface area contributed by atoms with Gasteiger partial charge < -0.3 is 5.73 Å². The number of rotatable bonds is 5. The second-order valence-electron chi connectivity index (χ2n) is 4.53. The Morgan fingerprint density at radius 1 is 1.53 bits per heavy atom. The maximum atomic E-state index is 12.1. The van der Waals surface area contributed by atoms with Gasteiger partial charge in [-0.25, -0.2) is 0 Å². The minimum Gasteiger partial charge on any atom is -0.319 e. The molecule has 0 radical (unpaired) electrons. The summed E-state index contributed by atoms with van der Waals surface area (Å²) in [4.78, 5) is 12.1. The second kappa shape index (κ2) is 5.19. The molecule has 0 bridgehead atoms. The number of ketones is 1. The molecule has 0 aromatic carbocycles. The number of nitrogens with zero attached hydrogens (tertiary/aromatic N) is 2. The smallest absolute Gasteiger partial charge is 0.158 e. The van der Waals surface area contributed by atoms with Crippen molar-refractivity contribution < 1.29 is 4.79 Å². The normalized spacial score (nSPS) is 14.7. The number of carbonyl (C=O) groups excluding carboxylic acids is 1. The lowest BCUT2D eigenvalue weighted by Gasteiger charge is -2.21. The molecule has 4 nitrogen and oxygen atoms in total. The number of halogens is 1. The zero-order chi connectivity index (χ0) is 13.2. The monoisotopic (exact) mass is 257 g/mol. The minimum absolute atomic E-state index is 0.00324. The highest BCUT2D eigenvalue weighted by atomic mass is 35.5. The molecule has 1 aromatic heterocycles. The quantitative estimate of drug-likeness (QED) is 0.879. The molecule has 2 N–H and O–H groups in total. The molecule has 17 heavy (non-hydrogen) atoms. The molecule has 0 amide bonds. The Balaban J connectivity index is 2.99. The molecule has 1 aromatic rings. The van der Waals surface area contributed by atoms with E-state index < -0.39 is 5.54 Å². The van der Waals surface area contributed by atoms with Crippen LogP contribution in [0.25, 0.3) is 0 Å². The highest BCUT2D eigenvalue weighted by Crippen LogP contribution is 2.22. The number of carbonyl (C=O) groups is 1. The van der Waals surface area contributed by atoms with Gasteiger partial charge in [0.1, 0.15) is 0 Å². The van der Waals surface area contributed by atoms with Gasteiger partial charge in [0.25, 0.3) is 0 Å². The van der Waals surface area contributed by atoms with Gasteiger partial charge in [0, 0.05) is 6.54 Å². The average molecular weight is 258 g/mol. The van der Waals surface area contributed by atoms with Crippen molar-refractivity contribution in [3.05, 3.63) is 16.4 Å². The summed E-state index contributed by atoms with van der Waals surface area (Å²) in [5.41, 5.74) is 6.66. The predicted molar refractivity (Wildman–Crippen MR) is 69.2 cm³/mol. The van der Waals surface area contributed by atoms with Crippen molar-refractivity contribution in [2.45, 2.75) is 52.6 Å². The lowest BCUT2D eigenvalue weighted by molar-refractivity contribution is -0.123. The van der Waals surface area contributed by atoms with Gasteiger partial charge in [0.05, 0.1) is 28.4 Å². The van der Waals surface area contributed by atoms with Gasteiger partial charge in [-0.15, -0.1) is 0 Å². The molecule has 0 fully saturated rings. The Morgan fingerprint density at radius 3 is 2.59 bits per heavy atom. The van der Waals surface area contributed by atoms with Crippen LogP contribution in [-0.4, -0.2) is 21.1 Å². The van der Waals surface area contributed by atoms with Crippen molar-refractivity contribution in [2.75, 3.05) is 0 Å². The van der Waals surface area contributed by atoms with Crippen LogP contribution in [-0.2, 0) is 17.8 Å². The van der Waals surface area contributed by atoms with Gasteiger partial charge >= 0.3 is 0 Å². The predicted octanol–water partition coefficient (Wildman–Crippen LogP) is 2.10. The van der Waals surface area contributed by atoms with Crippen LogP contribution >= 0.6 is 11.6 Å². The standard InChI is InChI=1S/C12H20ClN3O/c1-5-12(4,14)10(17)7-9-11(13)8(3)15-16(9)6-2/h5-7,14H2,1-4H3. The summed E-state index contributed by atoms with van der Waals surface area (Å²) in [5, 5.41) is 4.86. The topological polar surface area (TPSA) is 60.9 Å². The number of hydrogen-bond acceptors (Lipinski definition) is 3. The van der Waals surface area contributed by atoms with Crippen LogP contribution in [0.3, 0.4) is 0 Å². The SMILES string of the molecule is CCn1nc(C)c(Cl)c1CC(=O)C(C)(N)CC. The fourth-order valence-corrected chi connectivity index (χ4v) is 1.79. The molecule has 5 heteroatoms. The van der Waals surface area contributed by atoms with Gasteiger partial charge in [-0.2, -0.15) is 5.10 Å². The van der Waals surface area contributed by atoms with E-state index in [0.717, 1.165) is 11.4 Å². The van der Waals surface area contributed by atoms with Crippen LogP contribution in [0.1, 0.15) is 38.6 Å². The van der Waals surface area contributed by atoms with E-state index in [2.05, 4.69) is 5.10 Å². The molecular weight excluding hydrogens is 238 g/mol. The van der Waals surface area contributed by atoms with Crippen molar-refractivity contribution in [1.82, 2.24) is 9.78 Å². The van der Waals surface area contributed by atoms with E-state index in [1.165, 1.54) is 0 Å². The molecule has 1 rings (SSSR count). The van der Waals surface area contributed by atoms with Crippen molar-refractivity contribution in [1.29, 1.82) is 0 Å². The summed E-state index contributed by atoms with van der Waals surface area (Å²) >= 11 is 6.15. The van der Waals surface area contributed by atoms with E-state index in [0.29, 0.717) is 18.0 Å². The van der Waals surface area contributed by atoms with Crippen LogP contribution < -0.4 is 5.73 Å². The second-order valence-corrected chi connectivity index (χ2v) is 4.91. The van der Waals surface area contributed by atoms with Crippen molar-refractivity contribution in [2.24, 2.45) is 5.73 Å². The van der Waals surface area contributed by atoms with Crippen molar-refractivity contribution in [3.8, 4) is 0 Å². The third kappa shape index (κ3) is 2.87. The van der Waals surface area contributed by atoms with Crippen molar-refractivity contribution in [3.63, 3.8) is 0 Å². The lowest BCUT2D eigenvalue weighted by atomic mass is 9.91. The van der Waals surface area contributed by atoms with Gasteiger partial charge in [-0.1, -0.05) is 18.5 Å². The fraction of sp³-hybridized carbons (Fsp3) is 0.667. The molecule has 0 aliphatic carbocycles. The zero-order valence-corrected chi connectivity index (χ0v) is 11.6. The molecule has 0 saturated carbocycles. The third-order valence-electron chi connectivity index (χ3n) is 3.15. The maximum absolute atomic E-state index is 12.1. The van der Waals surface area contributed by atoms with Crippen LogP contribution in [0.4, 0.5) is 0 Å². The van der Waals surface area contributed by atoms with Crippen molar-refractivity contribution >= 4 is 17.4 Å². The summed E-state index contributed by atoms with van der Waals surface area (Å²) in [6, 6.07) is 0. The molecule has 0 aliphatic heterocycles. The first kappa shape index (κ1) is 14.2. The molecule has 0 aliphatic rings. The first-order valence-electron chi connectivity index (χ1n) is 5.87. The largest absolute Gasteiger partial charge is 0.319 e. The van der Waals surface area contributed by atoms with E-state index in [9.17, 15) is 4.79 Å². The summed E-state index contributed by atoms with van der Waals surface area (Å²) in [6.07, 6.45) is 0.858. The lowest BCUT2D eigenvalue weighted by Crippen LogP contribution is -2.45. The summed E-state index contributed by atoms with van der Waals surface area (Å²) < 4.78 is 1.77. The number of aromatic nitrogens is 2. The summed E-state index contributed by atoms with van der Waals surface area (Å²) in [6.45, 7) is 8.16. The molecule has 1 heterocycles. The Kier molecular flexibility index (Phi) is 4.33. The van der Waals surface area contributed by atoms with E-state index in [1.807, 2.05) is 20.8 Å². The number of aryl methyl sites for hydroxylation is 2. The van der Waals surface area contributed by atoms with Gasteiger partial charge in [0.2, 0.25) is 0 Å².